The number of hydrogen-bond donors (Lipinski definition) is 2. The van der Waals surface area contributed by atoms with Crippen LogP contribution in [0.15, 0.2) is 83.8 Å². The molecule has 154 valence electrons. The van der Waals surface area contributed by atoms with Crippen molar-refractivity contribution in [1.82, 2.24) is 0 Å². The van der Waals surface area contributed by atoms with Crippen LogP contribution in [-0.4, -0.2) is 27.5 Å². The van der Waals surface area contributed by atoms with Crippen LogP contribution < -0.4 is 14.8 Å². The summed E-state index contributed by atoms with van der Waals surface area (Å²) in [7, 11) is -3.01. The molecule has 2 N–H and O–H groups in total. The maximum atomic E-state index is 12.5. The second-order valence-corrected chi connectivity index (χ2v) is 7.54. The number of carbonyl (C=O) groups excluding carboxylic acids is 2. The molecule has 0 saturated carbocycles. The van der Waals surface area contributed by atoms with Crippen molar-refractivity contribution in [3.8, 4) is 5.75 Å². The van der Waals surface area contributed by atoms with E-state index in [-0.39, 0.29) is 21.9 Å². The zero-order chi connectivity index (χ0) is 21.6. The Morgan fingerprint density at radius 3 is 2.03 bits per heavy atom. The predicted molar refractivity (Wildman–Crippen MR) is 111 cm³/mol. The molecule has 0 spiro atoms. The van der Waals surface area contributed by atoms with Gasteiger partial charge in [0.2, 0.25) is 0 Å². The zero-order valence-electron chi connectivity index (χ0n) is 15.9. The van der Waals surface area contributed by atoms with E-state index in [2.05, 4.69) is 10.6 Å². The number of carbonyl (C=O) groups is 2. The minimum Gasteiger partial charge on any atom is -0.465 e. The fraction of sp³-hybridized carbons (Fsp3) is 0.0476. The fourth-order valence-electron chi connectivity index (χ4n) is 2.52. The van der Waals surface area contributed by atoms with E-state index in [4.69, 9.17) is 8.92 Å². The van der Waals surface area contributed by atoms with Gasteiger partial charge in [-0.05, 0) is 42.5 Å². The molecule has 3 aromatic carbocycles. The summed E-state index contributed by atoms with van der Waals surface area (Å²) in [6.07, 6.45) is 0. The van der Waals surface area contributed by atoms with Crippen LogP contribution in [0.25, 0.3) is 0 Å². The van der Waals surface area contributed by atoms with E-state index in [9.17, 15) is 18.0 Å². The van der Waals surface area contributed by atoms with Gasteiger partial charge in [-0.25, -0.2) is 9.59 Å². The Labute approximate surface area is 173 Å². The Balaban J connectivity index is 1.83. The summed E-state index contributed by atoms with van der Waals surface area (Å²) in [5, 5.41) is 5.20. The van der Waals surface area contributed by atoms with Crippen molar-refractivity contribution in [2.24, 2.45) is 0 Å². The maximum Gasteiger partial charge on any atom is 0.341 e. The molecular weight excluding hydrogens is 408 g/mol. The van der Waals surface area contributed by atoms with Gasteiger partial charge in [0.1, 0.15) is 10.5 Å². The number of urea groups is 1. The standard InChI is InChI=1S/C21H18N2O6S/c1-28-20(24)18-14-16(23-21(25)22-15-8-4-2-5-9-15)12-13-19(18)29-30(26,27)17-10-6-3-7-11-17/h2-14H,1H3,(H2,22,23,25). The molecule has 0 unspecified atom stereocenters. The molecular formula is C21H18N2O6S. The molecule has 0 bridgehead atoms. The predicted octanol–water partition coefficient (Wildman–Crippen LogP) is 3.88. The van der Waals surface area contributed by atoms with Gasteiger partial charge >= 0.3 is 22.1 Å². The maximum absolute atomic E-state index is 12.5. The summed E-state index contributed by atoms with van der Waals surface area (Å²) in [5.74, 6) is -1.04. The molecule has 0 aromatic heterocycles. The summed E-state index contributed by atoms with van der Waals surface area (Å²) in [6, 6.07) is 19.7. The minimum absolute atomic E-state index is 0.0646. The van der Waals surface area contributed by atoms with Crippen molar-refractivity contribution in [3.05, 3.63) is 84.4 Å². The number of rotatable bonds is 6. The van der Waals surface area contributed by atoms with Gasteiger partial charge < -0.3 is 19.6 Å². The molecule has 8 nitrogen and oxygen atoms in total. The number of benzene rings is 3. The Morgan fingerprint density at radius 1 is 0.800 bits per heavy atom. The van der Waals surface area contributed by atoms with Gasteiger partial charge in [-0.3, -0.25) is 0 Å². The van der Waals surface area contributed by atoms with Crippen molar-refractivity contribution in [1.29, 1.82) is 0 Å². The van der Waals surface area contributed by atoms with Crippen molar-refractivity contribution in [2.75, 3.05) is 17.7 Å². The van der Waals surface area contributed by atoms with Gasteiger partial charge in [0, 0.05) is 11.4 Å². The van der Waals surface area contributed by atoms with Crippen LogP contribution in [0.4, 0.5) is 16.2 Å². The van der Waals surface area contributed by atoms with Crippen molar-refractivity contribution in [2.45, 2.75) is 4.90 Å². The molecule has 30 heavy (non-hydrogen) atoms. The monoisotopic (exact) mass is 426 g/mol. The molecule has 9 heteroatoms. The van der Waals surface area contributed by atoms with E-state index < -0.39 is 22.1 Å². The van der Waals surface area contributed by atoms with Gasteiger partial charge in [-0.1, -0.05) is 36.4 Å². The highest BCUT2D eigenvalue weighted by Crippen LogP contribution is 2.27. The van der Waals surface area contributed by atoms with Crippen LogP contribution in [0.1, 0.15) is 10.4 Å². The average molecular weight is 426 g/mol. The Morgan fingerprint density at radius 2 is 1.40 bits per heavy atom. The van der Waals surface area contributed by atoms with Crippen LogP contribution in [0.2, 0.25) is 0 Å². The molecule has 0 aliphatic carbocycles. The Hall–Kier alpha value is -3.85. The highest BCUT2D eigenvalue weighted by molar-refractivity contribution is 7.87. The number of hydrogen-bond acceptors (Lipinski definition) is 6. The number of ether oxygens (including phenoxy) is 1. The smallest absolute Gasteiger partial charge is 0.341 e. The lowest BCUT2D eigenvalue weighted by Gasteiger charge is -2.13. The molecule has 3 rings (SSSR count). The van der Waals surface area contributed by atoms with Crippen molar-refractivity contribution in [3.63, 3.8) is 0 Å². The van der Waals surface area contributed by atoms with Crippen LogP contribution in [0.5, 0.6) is 5.75 Å². The van der Waals surface area contributed by atoms with Gasteiger partial charge in [-0.2, -0.15) is 8.42 Å². The summed E-state index contributed by atoms with van der Waals surface area (Å²) >= 11 is 0. The summed E-state index contributed by atoms with van der Waals surface area (Å²) < 4.78 is 34.8. The van der Waals surface area contributed by atoms with E-state index in [1.165, 1.54) is 30.3 Å². The molecule has 0 atom stereocenters. The van der Waals surface area contributed by atoms with Gasteiger partial charge in [0.05, 0.1) is 7.11 Å². The van der Waals surface area contributed by atoms with Gasteiger partial charge in [0.15, 0.2) is 5.75 Å². The lowest BCUT2D eigenvalue weighted by Crippen LogP contribution is -2.20. The first kappa shape index (κ1) is 20.9. The number of amides is 2. The summed E-state index contributed by atoms with van der Waals surface area (Å²) in [4.78, 5) is 24.3. The third kappa shape index (κ3) is 5.15. The number of anilines is 2. The Kier molecular flexibility index (Phi) is 6.33. The second-order valence-electron chi connectivity index (χ2n) is 6.00. The van der Waals surface area contributed by atoms with E-state index in [1.54, 1.807) is 42.5 Å². The topological polar surface area (TPSA) is 111 Å². The lowest BCUT2D eigenvalue weighted by molar-refractivity contribution is 0.0599. The molecule has 0 aliphatic rings. The molecule has 0 heterocycles. The van der Waals surface area contributed by atoms with Crippen LogP contribution in [-0.2, 0) is 14.9 Å². The third-order valence-electron chi connectivity index (χ3n) is 3.91. The van der Waals surface area contributed by atoms with Gasteiger partial charge in [0.25, 0.3) is 0 Å². The largest absolute Gasteiger partial charge is 0.465 e. The van der Waals surface area contributed by atoms with Crippen molar-refractivity contribution >= 4 is 33.5 Å². The lowest BCUT2D eigenvalue weighted by atomic mass is 10.2. The molecule has 0 saturated heterocycles. The van der Waals surface area contributed by atoms with Gasteiger partial charge in [-0.15, -0.1) is 0 Å². The quantitative estimate of drug-likeness (QED) is 0.457. The minimum atomic E-state index is -4.16. The summed E-state index contributed by atoms with van der Waals surface area (Å²) in [5.41, 5.74) is 0.667. The molecule has 3 aromatic rings. The van der Waals surface area contributed by atoms with Crippen LogP contribution in [0, 0.1) is 0 Å². The Bertz CT molecular complexity index is 1150. The van der Waals surface area contributed by atoms with Crippen molar-refractivity contribution < 1.29 is 26.9 Å². The first-order chi connectivity index (χ1) is 14.4. The number of para-hydroxylation sites is 1. The van der Waals surface area contributed by atoms with E-state index in [0.29, 0.717) is 5.69 Å². The average Bonchev–Trinajstić information content (AvgIpc) is 2.75. The van der Waals surface area contributed by atoms with E-state index in [0.717, 1.165) is 7.11 Å². The molecule has 0 radical (unpaired) electrons. The van der Waals surface area contributed by atoms with Crippen LogP contribution in [0.3, 0.4) is 0 Å². The first-order valence-corrected chi connectivity index (χ1v) is 10.1. The van der Waals surface area contributed by atoms with E-state index >= 15 is 0 Å². The first-order valence-electron chi connectivity index (χ1n) is 8.74. The second kappa shape index (κ2) is 9.10. The highest BCUT2D eigenvalue weighted by atomic mass is 32.2. The normalized spacial score (nSPS) is 10.7. The third-order valence-corrected chi connectivity index (χ3v) is 5.15. The molecule has 0 aliphatic heterocycles. The van der Waals surface area contributed by atoms with E-state index in [1.807, 2.05) is 6.07 Å². The van der Waals surface area contributed by atoms with Crippen LogP contribution >= 0.6 is 0 Å². The fourth-order valence-corrected chi connectivity index (χ4v) is 3.49. The highest BCUT2D eigenvalue weighted by Gasteiger charge is 2.22. The molecule has 2 amide bonds. The number of nitrogens with one attached hydrogen (secondary N) is 2. The number of methoxy groups -OCH3 is 1. The SMILES string of the molecule is COC(=O)c1cc(NC(=O)Nc2ccccc2)ccc1OS(=O)(=O)c1ccccc1. The molecule has 0 fully saturated rings. The summed E-state index contributed by atoms with van der Waals surface area (Å²) in [6.45, 7) is 0. The number of esters is 1. The zero-order valence-corrected chi connectivity index (χ0v) is 16.7.